The highest BCUT2D eigenvalue weighted by atomic mass is 16.3. The summed E-state index contributed by atoms with van der Waals surface area (Å²) in [7, 11) is 0. The van der Waals surface area contributed by atoms with Crippen LogP contribution in [-0.4, -0.2) is 36.8 Å². The van der Waals surface area contributed by atoms with Gasteiger partial charge in [-0.3, -0.25) is 4.79 Å². The maximum absolute atomic E-state index is 12.1. The molecule has 1 saturated carbocycles. The van der Waals surface area contributed by atoms with E-state index < -0.39 is 6.10 Å². The number of fused-ring (bicyclic) bond motifs is 1. The topological polar surface area (TPSA) is 43.8 Å². The Balaban J connectivity index is 1.88. The van der Waals surface area contributed by atoms with Crippen molar-refractivity contribution < 1.29 is 9.90 Å². The average molecular weight is 260 g/mol. The van der Waals surface area contributed by atoms with Crippen LogP contribution in [0, 0.1) is 5.92 Å². The van der Waals surface area contributed by atoms with Gasteiger partial charge in [-0.1, -0.05) is 12.1 Å². The molecule has 4 nitrogen and oxygen atoms in total. The molecule has 0 aromatic heterocycles. The number of anilines is 2. The predicted molar refractivity (Wildman–Crippen MR) is 75.4 cm³/mol. The molecule has 1 heterocycles. The van der Waals surface area contributed by atoms with Crippen molar-refractivity contribution in [2.24, 2.45) is 5.92 Å². The molecule has 1 aromatic rings. The molecule has 19 heavy (non-hydrogen) atoms. The average Bonchev–Trinajstić information content (AvgIpc) is 3.22. The largest absolute Gasteiger partial charge is 0.384 e. The molecule has 1 aliphatic heterocycles. The number of rotatable bonds is 3. The second kappa shape index (κ2) is 4.85. The van der Waals surface area contributed by atoms with E-state index in [4.69, 9.17) is 0 Å². The van der Waals surface area contributed by atoms with Gasteiger partial charge in [-0.05, 0) is 37.8 Å². The molecule has 0 saturated heterocycles. The molecule has 1 atom stereocenters. The lowest BCUT2D eigenvalue weighted by Gasteiger charge is -2.38. The van der Waals surface area contributed by atoms with Crippen LogP contribution in [-0.2, 0) is 4.79 Å². The van der Waals surface area contributed by atoms with E-state index in [2.05, 4.69) is 11.0 Å². The maximum atomic E-state index is 12.1. The normalized spacial score (nSPS) is 20.1. The van der Waals surface area contributed by atoms with Crippen molar-refractivity contribution in [1.82, 2.24) is 0 Å². The molecule has 3 rings (SSSR count). The minimum Gasteiger partial charge on any atom is -0.384 e. The first-order valence-corrected chi connectivity index (χ1v) is 7.00. The highest BCUT2D eigenvalue weighted by molar-refractivity contribution is 6.00. The summed E-state index contributed by atoms with van der Waals surface area (Å²) in [5.41, 5.74) is 2.05. The van der Waals surface area contributed by atoms with E-state index in [0.29, 0.717) is 6.54 Å². The molecule has 1 unspecified atom stereocenters. The summed E-state index contributed by atoms with van der Waals surface area (Å²) in [6, 6.07) is 7.99. The fourth-order valence-corrected chi connectivity index (χ4v) is 2.68. The lowest BCUT2D eigenvalue weighted by molar-refractivity contribution is -0.125. The van der Waals surface area contributed by atoms with E-state index in [-0.39, 0.29) is 5.91 Å². The first-order chi connectivity index (χ1) is 9.16. The lowest BCUT2D eigenvalue weighted by atomic mass is 10.1. The van der Waals surface area contributed by atoms with Gasteiger partial charge in [0, 0.05) is 19.6 Å². The molecule has 102 valence electrons. The summed E-state index contributed by atoms with van der Waals surface area (Å²) in [5.74, 6) is 0.616. The summed E-state index contributed by atoms with van der Waals surface area (Å²) < 4.78 is 0. The number of carbonyl (C=O) groups is 1. The second-order valence-corrected chi connectivity index (χ2v) is 5.54. The Morgan fingerprint density at radius 1 is 1.32 bits per heavy atom. The number of aliphatic hydroxyl groups is 1. The zero-order valence-corrected chi connectivity index (χ0v) is 11.2. The molecular weight excluding hydrogens is 240 g/mol. The molecule has 0 bridgehead atoms. The minimum absolute atomic E-state index is 0.210. The van der Waals surface area contributed by atoms with Gasteiger partial charge >= 0.3 is 0 Å². The van der Waals surface area contributed by atoms with Gasteiger partial charge in [0.2, 0.25) is 0 Å². The zero-order chi connectivity index (χ0) is 13.4. The van der Waals surface area contributed by atoms with Gasteiger partial charge in [-0.2, -0.15) is 0 Å². The zero-order valence-electron chi connectivity index (χ0n) is 11.2. The van der Waals surface area contributed by atoms with Crippen molar-refractivity contribution in [2.45, 2.75) is 25.9 Å². The van der Waals surface area contributed by atoms with Gasteiger partial charge in [-0.25, -0.2) is 0 Å². The molecule has 1 aliphatic carbocycles. The molecule has 1 fully saturated rings. The van der Waals surface area contributed by atoms with Crippen molar-refractivity contribution in [2.75, 3.05) is 29.4 Å². The van der Waals surface area contributed by atoms with E-state index in [1.807, 2.05) is 18.2 Å². The molecule has 2 aliphatic rings. The van der Waals surface area contributed by atoms with Crippen molar-refractivity contribution >= 4 is 17.3 Å². The maximum Gasteiger partial charge on any atom is 0.255 e. The Morgan fingerprint density at radius 2 is 2.00 bits per heavy atom. The van der Waals surface area contributed by atoms with Crippen LogP contribution in [0.5, 0.6) is 0 Å². The van der Waals surface area contributed by atoms with E-state index in [0.717, 1.165) is 30.4 Å². The Morgan fingerprint density at radius 3 is 2.63 bits per heavy atom. The minimum atomic E-state index is -0.942. The third-order valence-corrected chi connectivity index (χ3v) is 3.91. The summed E-state index contributed by atoms with van der Waals surface area (Å²) in [6.07, 6.45) is 1.72. The number of nitrogens with zero attached hydrogens (tertiary/aromatic N) is 2. The van der Waals surface area contributed by atoms with Gasteiger partial charge in [0.1, 0.15) is 6.10 Å². The number of hydrogen-bond acceptors (Lipinski definition) is 3. The molecule has 0 radical (unpaired) electrons. The molecule has 4 heteroatoms. The van der Waals surface area contributed by atoms with E-state index >= 15 is 0 Å². The van der Waals surface area contributed by atoms with Crippen molar-refractivity contribution in [3.8, 4) is 0 Å². The molecule has 1 amide bonds. The lowest BCUT2D eigenvalue weighted by Crippen LogP contribution is -2.47. The van der Waals surface area contributed by atoms with Crippen LogP contribution in [0.15, 0.2) is 24.3 Å². The Labute approximate surface area is 113 Å². The Kier molecular flexibility index (Phi) is 3.19. The first-order valence-electron chi connectivity index (χ1n) is 7.00. The highest BCUT2D eigenvalue weighted by Crippen LogP contribution is 2.37. The predicted octanol–water partition coefficient (Wildman–Crippen LogP) is 1.63. The Bertz CT molecular complexity index is 483. The fourth-order valence-electron chi connectivity index (χ4n) is 2.68. The standard InChI is InChI=1S/C15H20N2O2/c1-11(18)15(19)17-9-8-16(10-12-6-7-12)13-4-2-3-5-14(13)17/h2-5,11-12,18H,6-10H2,1H3. The summed E-state index contributed by atoms with van der Waals surface area (Å²) in [4.78, 5) is 16.1. The van der Waals surface area contributed by atoms with Crippen LogP contribution in [0.2, 0.25) is 0 Å². The second-order valence-electron chi connectivity index (χ2n) is 5.54. The van der Waals surface area contributed by atoms with Crippen molar-refractivity contribution in [1.29, 1.82) is 0 Å². The molecular formula is C15H20N2O2. The third kappa shape index (κ3) is 2.45. The number of aliphatic hydroxyl groups excluding tert-OH is 1. The van der Waals surface area contributed by atoms with Gasteiger partial charge < -0.3 is 14.9 Å². The summed E-state index contributed by atoms with van der Waals surface area (Å²) in [5, 5.41) is 9.52. The number of hydrogen-bond donors (Lipinski definition) is 1. The van der Waals surface area contributed by atoms with Crippen LogP contribution in [0.25, 0.3) is 0 Å². The van der Waals surface area contributed by atoms with Gasteiger partial charge in [0.05, 0.1) is 11.4 Å². The Hall–Kier alpha value is -1.55. The number of para-hydroxylation sites is 2. The van der Waals surface area contributed by atoms with Crippen LogP contribution in [0.4, 0.5) is 11.4 Å². The summed E-state index contributed by atoms with van der Waals surface area (Å²) >= 11 is 0. The number of amides is 1. The first kappa shape index (κ1) is 12.5. The van der Waals surface area contributed by atoms with Gasteiger partial charge in [-0.15, -0.1) is 0 Å². The van der Waals surface area contributed by atoms with Crippen LogP contribution in [0.3, 0.4) is 0 Å². The fraction of sp³-hybridized carbons (Fsp3) is 0.533. The third-order valence-electron chi connectivity index (χ3n) is 3.91. The monoisotopic (exact) mass is 260 g/mol. The van der Waals surface area contributed by atoms with Gasteiger partial charge in [0.15, 0.2) is 0 Å². The van der Waals surface area contributed by atoms with E-state index in [1.54, 1.807) is 4.90 Å². The quantitative estimate of drug-likeness (QED) is 0.898. The van der Waals surface area contributed by atoms with E-state index in [9.17, 15) is 9.90 Å². The summed E-state index contributed by atoms with van der Waals surface area (Å²) in [6.45, 7) is 4.13. The number of carbonyl (C=O) groups excluding carboxylic acids is 1. The SMILES string of the molecule is CC(O)C(=O)N1CCN(CC2CC2)c2ccccc21. The molecule has 0 spiro atoms. The van der Waals surface area contributed by atoms with Gasteiger partial charge in [0.25, 0.3) is 5.91 Å². The smallest absolute Gasteiger partial charge is 0.255 e. The van der Waals surface area contributed by atoms with E-state index in [1.165, 1.54) is 19.8 Å². The van der Waals surface area contributed by atoms with Crippen LogP contribution in [0.1, 0.15) is 19.8 Å². The van der Waals surface area contributed by atoms with Crippen LogP contribution >= 0.6 is 0 Å². The molecule has 1 aromatic carbocycles. The van der Waals surface area contributed by atoms with Crippen molar-refractivity contribution in [3.05, 3.63) is 24.3 Å². The van der Waals surface area contributed by atoms with Crippen LogP contribution < -0.4 is 9.80 Å². The highest BCUT2D eigenvalue weighted by Gasteiger charge is 2.31. The van der Waals surface area contributed by atoms with Crippen molar-refractivity contribution in [3.63, 3.8) is 0 Å². The number of benzene rings is 1. The molecule has 1 N–H and O–H groups in total.